The zero-order valence-electron chi connectivity index (χ0n) is 10.9. The number of ether oxygens (including phenoxy) is 1. The molecule has 0 fully saturated rings. The first-order chi connectivity index (χ1) is 9.22. The maximum atomic E-state index is 12.2. The highest BCUT2D eigenvalue weighted by atomic mass is 16.5. The van der Waals surface area contributed by atoms with Crippen molar-refractivity contribution in [3.63, 3.8) is 0 Å². The van der Waals surface area contributed by atoms with Gasteiger partial charge in [0, 0.05) is 11.3 Å². The fourth-order valence-corrected chi connectivity index (χ4v) is 2.24. The predicted octanol–water partition coefficient (Wildman–Crippen LogP) is 2.52. The molecular weight excluding hydrogens is 242 g/mol. The maximum Gasteiger partial charge on any atom is 0.313 e. The Balaban J connectivity index is 2.12. The van der Waals surface area contributed by atoms with Crippen molar-refractivity contribution in [2.24, 2.45) is 5.92 Å². The Bertz CT molecular complexity index is 493. The van der Waals surface area contributed by atoms with Crippen LogP contribution in [0.25, 0.3) is 0 Å². The van der Waals surface area contributed by atoms with Crippen LogP contribution in [0, 0.1) is 5.92 Å². The van der Waals surface area contributed by atoms with Gasteiger partial charge in [-0.15, -0.1) is 0 Å². The minimum Gasteiger partial charge on any atom is -0.469 e. The Morgan fingerprint density at radius 2 is 2.00 bits per heavy atom. The van der Waals surface area contributed by atoms with Gasteiger partial charge in [0.15, 0.2) is 0 Å². The Morgan fingerprint density at radius 1 is 1.26 bits per heavy atom. The molecule has 0 aliphatic heterocycles. The van der Waals surface area contributed by atoms with Crippen LogP contribution in [0.1, 0.15) is 19.3 Å². The summed E-state index contributed by atoms with van der Waals surface area (Å²) >= 11 is 0. The summed E-state index contributed by atoms with van der Waals surface area (Å²) in [5.74, 6) is -1.00. The third-order valence-electron chi connectivity index (χ3n) is 3.22. The van der Waals surface area contributed by atoms with E-state index in [9.17, 15) is 9.59 Å². The summed E-state index contributed by atoms with van der Waals surface area (Å²) in [4.78, 5) is 23.9. The van der Waals surface area contributed by atoms with Gasteiger partial charge < -0.3 is 10.1 Å². The lowest BCUT2D eigenvalue weighted by Gasteiger charge is -2.21. The first-order valence-electron chi connectivity index (χ1n) is 6.36. The van der Waals surface area contributed by atoms with Gasteiger partial charge in [-0.05, 0) is 31.4 Å². The van der Waals surface area contributed by atoms with Crippen LogP contribution in [-0.2, 0) is 14.3 Å². The highest BCUT2D eigenvalue weighted by Crippen LogP contribution is 2.27. The van der Waals surface area contributed by atoms with Crippen LogP contribution >= 0.6 is 0 Å². The third-order valence-corrected chi connectivity index (χ3v) is 3.22. The van der Waals surface area contributed by atoms with Crippen molar-refractivity contribution >= 4 is 17.6 Å². The molecule has 1 aliphatic rings. The zero-order chi connectivity index (χ0) is 13.7. The van der Waals surface area contributed by atoms with Crippen molar-refractivity contribution in [1.29, 1.82) is 0 Å². The Labute approximate surface area is 112 Å². The van der Waals surface area contributed by atoms with Gasteiger partial charge in [0.25, 0.3) is 5.91 Å². The summed E-state index contributed by atoms with van der Waals surface area (Å²) in [6.45, 7) is 0. The van der Waals surface area contributed by atoms with E-state index in [-0.39, 0.29) is 11.9 Å². The molecule has 0 heterocycles. The number of esters is 1. The number of hydrogen-bond acceptors (Lipinski definition) is 3. The van der Waals surface area contributed by atoms with Gasteiger partial charge in [0.2, 0.25) is 0 Å². The van der Waals surface area contributed by atoms with Crippen LogP contribution in [0.2, 0.25) is 0 Å². The molecule has 0 saturated carbocycles. The number of allylic oxidation sites excluding steroid dienone is 1. The topological polar surface area (TPSA) is 55.4 Å². The van der Waals surface area contributed by atoms with Crippen molar-refractivity contribution in [1.82, 2.24) is 0 Å². The largest absolute Gasteiger partial charge is 0.469 e. The fraction of sp³-hybridized carbons (Fsp3) is 0.333. The second-order valence-electron chi connectivity index (χ2n) is 4.49. The fourth-order valence-electron chi connectivity index (χ4n) is 2.24. The molecule has 0 bridgehead atoms. The average molecular weight is 259 g/mol. The smallest absolute Gasteiger partial charge is 0.313 e. The van der Waals surface area contributed by atoms with Crippen LogP contribution in [0.15, 0.2) is 42.0 Å². The maximum absolute atomic E-state index is 12.2. The molecule has 4 heteroatoms. The molecule has 0 radical (unpaired) electrons. The summed E-state index contributed by atoms with van der Waals surface area (Å²) in [7, 11) is 1.35. The van der Waals surface area contributed by atoms with Crippen LogP contribution in [0.3, 0.4) is 0 Å². The second-order valence-corrected chi connectivity index (χ2v) is 4.49. The van der Waals surface area contributed by atoms with Gasteiger partial charge in [0.05, 0.1) is 13.0 Å². The molecular formula is C15H17NO3. The number of amides is 1. The van der Waals surface area contributed by atoms with E-state index in [0.29, 0.717) is 12.0 Å². The molecule has 1 aliphatic carbocycles. The molecule has 1 aromatic carbocycles. The minimum atomic E-state index is -0.442. The van der Waals surface area contributed by atoms with E-state index >= 15 is 0 Å². The number of hydrogen-bond donors (Lipinski definition) is 1. The van der Waals surface area contributed by atoms with Gasteiger partial charge in [-0.25, -0.2) is 0 Å². The average Bonchev–Trinajstić information content (AvgIpc) is 2.47. The summed E-state index contributed by atoms with van der Waals surface area (Å²) < 4.78 is 4.76. The van der Waals surface area contributed by atoms with Crippen LogP contribution in [0.5, 0.6) is 0 Å². The molecule has 0 saturated heterocycles. The van der Waals surface area contributed by atoms with Gasteiger partial charge >= 0.3 is 5.97 Å². The predicted molar refractivity (Wildman–Crippen MR) is 72.5 cm³/mol. The van der Waals surface area contributed by atoms with E-state index in [4.69, 9.17) is 4.74 Å². The van der Waals surface area contributed by atoms with Gasteiger partial charge in [0.1, 0.15) is 0 Å². The number of anilines is 1. The van der Waals surface area contributed by atoms with Gasteiger partial charge in [-0.3, -0.25) is 9.59 Å². The van der Waals surface area contributed by atoms with Crippen molar-refractivity contribution < 1.29 is 14.3 Å². The van der Waals surface area contributed by atoms with E-state index in [0.717, 1.165) is 18.5 Å². The standard InChI is InChI=1S/C15H17NO3/c1-19-15(18)13-10-6-5-9-12(13)14(17)16-11-7-3-2-4-8-11/h2-4,7-9,13H,5-6,10H2,1H3,(H,16,17). The highest BCUT2D eigenvalue weighted by molar-refractivity contribution is 6.07. The monoisotopic (exact) mass is 259 g/mol. The number of carbonyl (C=O) groups excluding carboxylic acids is 2. The lowest BCUT2D eigenvalue weighted by Crippen LogP contribution is -2.28. The van der Waals surface area contributed by atoms with Crippen LogP contribution < -0.4 is 5.32 Å². The number of carbonyl (C=O) groups is 2. The van der Waals surface area contributed by atoms with Gasteiger partial charge in [-0.1, -0.05) is 24.3 Å². The number of nitrogens with one attached hydrogen (secondary N) is 1. The molecule has 1 aromatic rings. The quantitative estimate of drug-likeness (QED) is 0.849. The van der Waals surface area contributed by atoms with E-state index < -0.39 is 5.92 Å². The number of benzene rings is 1. The van der Waals surface area contributed by atoms with Crippen LogP contribution in [0.4, 0.5) is 5.69 Å². The van der Waals surface area contributed by atoms with Crippen molar-refractivity contribution in [3.8, 4) is 0 Å². The van der Waals surface area contributed by atoms with E-state index in [1.165, 1.54) is 7.11 Å². The first-order valence-corrected chi connectivity index (χ1v) is 6.36. The first kappa shape index (κ1) is 13.3. The summed E-state index contributed by atoms with van der Waals surface area (Å²) in [6, 6.07) is 9.21. The van der Waals surface area contributed by atoms with E-state index in [2.05, 4.69) is 5.32 Å². The van der Waals surface area contributed by atoms with Crippen molar-refractivity contribution in [2.75, 3.05) is 12.4 Å². The molecule has 0 spiro atoms. The Hall–Kier alpha value is -2.10. The summed E-state index contributed by atoms with van der Waals surface area (Å²) in [5, 5.41) is 2.81. The number of rotatable bonds is 3. The lowest BCUT2D eigenvalue weighted by atomic mass is 9.87. The van der Waals surface area contributed by atoms with Gasteiger partial charge in [-0.2, -0.15) is 0 Å². The molecule has 100 valence electrons. The number of methoxy groups -OCH3 is 1. The molecule has 19 heavy (non-hydrogen) atoms. The van der Waals surface area contributed by atoms with E-state index in [1.807, 2.05) is 36.4 Å². The Morgan fingerprint density at radius 3 is 2.68 bits per heavy atom. The molecule has 1 atom stereocenters. The zero-order valence-corrected chi connectivity index (χ0v) is 10.9. The normalized spacial score (nSPS) is 18.4. The lowest BCUT2D eigenvalue weighted by molar-refractivity contribution is -0.145. The third kappa shape index (κ3) is 3.22. The Kier molecular flexibility index (Phi) is 4.34. The molecule has 4 nitrogen and oxygen atoms in total. The van der Waals surface area contributed by atoms with Crippen LogP contribution in [-0.4, -0.2) is 19.0 Å². The van der Waals surface area contributed by atoms with Crippen molar-refractivity contribution in [2.45, 2.75) is 19.3 Å². The highest BCUT2D eigenvalue weighted by Gasteiger charge is 2.30. The summed E-state index contributed by atoms with van der Waals surface area (Å²) in [5.41, 5.74) is 1.24. The SMILES string of the molecule is COC(=O)C1CCCC=C1C(=O)Nc1ccccc1. The number of para-hydroxylation sites is 1. The molecule has 1 N–H and O–H groups in total. The molecule has 1 amide bonds. The minimum absolute atomic E-state index is 0.221. The molecule has 2 rings (SSSR count). The molecule has 0 aromatic heterocycles. The second kappa shape index (κ2) is 6.18. The summed E-state index contributed by atoms with van der Waals surface area (Å²) in [6.07, 6.45) is 4.23. The molecule has 1 unspecified atom stereocenters. The van der Waals surface area contributed by atoms with Crippen molar-refractivity contribution in [3.05, 3.63) is 42.0 Å². The van der Waals surface area contributed by atoms with E-state index in [1.54, 1.807) is 0 Å².